The van der Waals surface area contributed by atoms with Crippen LogP contribution in [0.5, 0.6) is 17.2 Å². The number of amides is 1. The van der Waals surface area contributed by atoms with Gasteiger partial charge in [-0.05, 0) is 31.0 Å². The van der Waals surface area contributed by atoms with E-state index in [9.17, 15) is 4.79 Å². The summed E-state index contributed by atoms with van der Waals surface area (Å²) in [7, 11) is 3.01. The predicted molar refractivity (Wildman–Crippen MR) is 134 cm³/mol. The number of hydrogen-bond donors (Lipinski definition) is 1. The van der Waals surface area contributed by atoms with Crippen molar-refractivity contribution in [3.63, 3.8) is 0 Å². The van der Waals surface area contributed by atoms with Gasteiger partial charge in [0.05, 0.1) is 30.7 Å². The molecule has 8 nitrogen and oxygen atoms in total. The van der Waals surface area contributed by atoms with Crippen molar-refractivity contribution in [3.8, 4) is 17.2 Å². The first-order chi connectivity index (χ1) is 16.4. The highest BCUT2D eigenvalue weighted by Crippen LogP contribution is 2.36. The van der Waals surface area contributed by atoms with Crippen molar-refractivity contribution >= 4 is 35.0 Å². The number of allylic oxidation sites excluding steroid dienone is 1. The average molecular weight is 503 g/mol. The molecular weight excluding hydrogens is 476 g/mol. The average Bonchev–Trinajstić information content (AvgIpc) is 3.20. The highest BCUT2D eigenvalue weighted by Gasteiger charge is 2.17. The topological polar surface area (TPSA) is 87.5 Å². The second-order valence-corrected chi connectivity index (χ2v) is 8.73. The molecule has 34 heavy (non-hydrogen) atoms. The summed E-state index contributed by atoms with van der Waals surface area (Å²) in [5.41, 5.74) is 2.62. The number of aryl methyl sites for hydroxylation is 2. The van der Waals surface area contributed by atoms with Crippen molar-refractivity contribution in [2.45, 2.75) is 32.2 Å². The van der Waals surface area contributed by atoms with Gasteiger partial charge in [-0.15, -0.1) is 16.8 Å². The third-order valence-corrected chi connectivity index (χ3v) is 6.15. The van der Waals surface area contributed by atoms with E-state index in [1.807, 2.05) is 36.6 Å². The van der Waals surface area contributed by atoms with Gasteiger partial charge in [0.25, 0.3) is 0 Å². The minimum absolute atomic E-state index is 0.112. The van der Waals surface area contributed by atoms with Crippen LogP contribution in [0.4, 0.5) is 5.69 Å². The molecule has 0 aliphatic carbocycles. The molecule has 0 aliphatic rings. The molecule has 0 spiro atoms. The zero-order chi connectivity index (χ0) is 24.7. The number of nitrogens with one attached hydrogen (secondary N) is 1. The first-order valence-electron chi connectivity index (χ1n) is 10.4. The Bertz CT molecular complexity index is 1180. The maximum Gasteiger partial charge on any atom is 0.234 e. The number of benzene rings is 2. The van der Waals surface area contributed by atoms with Gasteiger partial charge in [-0.3, -0.25) is 9.36 Å². The van der Waals surface area contributed by atoms with Gasteiger partial charge in [-0.25, -0.2) is 0 Å². The van der Waals surface area contributed by atoms with Gasteiger partial charge in [0, 0.05) is 18.7 Å². The summed E-state index contributed by atoms with van der Waals surface area (Å²) in [6, 6.07) is 9.25. The predicted octanol–water partition coefficient (Wildman–Crippen LogP) is 5.06. The summed E-state index contributed by atoms with van der Waals surface area (Å²) in [4.78, 5) is 12.6. The number of carbonyl (C=O) groups excluding carboxylic acids is 1. The van der Waals surface area contributed by atoms with E-state index in [0.29, 0.717) is 39.7 Å². The molecular formula is C24H27ClN4O4S. The minimum Gasteiger partial charge on any atom is -0.495 e. The number of hydrogen-bond acceptors (Lipinski definition) is 7. The number of nitrogens with zero attached hydrogens (tertiary/aromatic N) is 3. The van der Waals surface area contributed by atoms with Crippen LogP contribution < -0.4 is 19.5 Å². The molecule has 0 fully saturated rings. The lowest BCUT2D eigenvalue weighted by Crippen LogP contribution is -2.15. The Morgan fingerprint density at radius 1 is 1.15 bits per heavy atom. The number of thioether (sulfide) groups is 1. The number of rotatable bonds is 11. The van der Waals surface area contributed by atoms with Crippen LogP contribution in [0.25, 0.3) is 0 Å². The van der Waals surface area contributed by atoms with Gasteiger partial charge in [0.2, 0.25) is 5.91 Å². The third-order valence-electron chi connectivity index (χ3n) is 4.89. The van der Waals surface area contributed by atoms with E-state index < -0.39 is 0 Å². The van der Waals surface area contributed by atoms with Crippen LogP contribution in [-0.4, -0.2) is 40.6 Å². The Labute approximate surface area is 208 Å². The van der Waals surface area contributed by atoms with Crippen LogP contribution in [0.3, 0.4) is 0 Å². The Morgan fingerprint density at radius 2 is 1.91 bits per heavy atom. The number of ether oxygens (including phenoxy) is 3. The van der Waals surface area contributed by atoms with E-state index in [4.69, 9.17) is 25.8 Å². The van der Waals surface area contributed by atoms with Crippen molar-refractivity contribution in [2.24, 2.45) is 0 Å². The van der Waals surface area contributed by atoms with Gasteiger partial charge in [0.1, 0.15) is 23.9 Å². The molecule has 0 aliphatic heterocycles. The highest BCUT2D eigenvalue weighted by atomic mass is 35.5. The lowest BCUT2D eigenvalue weighted by Gasteiger charge is -2.13. The van der Waals surface area contributed by atoms with E-state index in [1.54, 1.807) is 18.2 Å². The molecule has 1 N–H and O–H groups in total. The molecule has 180 valence electrons. The monoisotopic (exact) mass is 502 g/mol. The second kappa shape index (κ2) is 11.8. The molecule has 10 heteroatoms. The molecule has 1 amide bonds. The molecule has 1 heterocycles. The van der Waals surface area contributed by atoms with Crippen molar-refractivity contribution in [2.75, 3.05) is 25.3 Å². The maximum absolute atomic E-state index is 12.6. The molecule has 1 aromatic heterocycles. The van der Waals surface area contributed by atoms with E-state index in [0.717, 1.165) is 16.9 Å². The SMILES string of the molecule is C=CCn1c(COc2cc(C)ccc2C)nnc1SCC(=O)Nc1cc(OC)c(Cl)cc1OC. The Hall–Kier alpha value is -3.17. The van der Waals surface area contributed by atoms with Gasteiger partial charge in [-0.2, -0.15) is 0 Å². The molecule has 0 saturated heterocycles. The zero-order valence-corrected chi connectivity index (χ0v) is 21.1. The summed E-state index contributed by atoms with van der Waals surface area (Å²) < 4.78 is 18.4. The number of anilines is 1. The molecule has 0 bridgehead atoms. The molecule has 0 saturated carbocycles. The molecule has 0 atom stereocenters. The molecule has 3 rings (SSSR count). The highest BCUT2D eigenvalue weighted by molar-refractivity contribution is 7.99. The quantitative estimate of drug-likeness (QED) is 0.289. The fourth-order valence-corrected chi connectivity index (χ4v) is 4.12. The summed E-state index contributed by atoms with van der Waals surface area (Å²) >= 11 is 7.40. The van der Waals surface area contributed by atoms with E-state index in [1.165, 1.54) is 26.0 Å². The maximum atomic E-state index is 12.6. The third kappa shape index (κ3) is 6.24. The summed E-state index contributed by atoms with van der Waals surface area (Å²) in [6.45, 7) is 8.56. The Balaban J connectivity index is 1.68. The Kier molecular flexibility index (Phi) is 8.84. The standard InChI is InChI=1S/C24H27ClN4O4S/c1-6-9-29-22(13-33-19-10-15(2)7-8-16(19)3)27-28-24(29)34-14-23(30)26-18-12-20(31-4)17(25)11-21(18)32-5/h6-8,10-12H,1,9,13-14H2,2-5H3,(H,26,30). The fourth-order valence-electron chi connectivity index (χ4n) is 3.12. The second-order valence-electron chi connectivity index (χ2n) is 7.38. The van der Waals surface area contributed by atoms with Crippen molar-refractivity contribution < 1.29 is 19.0 Å². The number of carbonyl (C=O) groups is 1. The number of aromatic nitrogens is 3. The molecule has 0 unspecified atom stereocenters. The fraction of sp³-hybridized carbons (Fsp3) is 0.292. The van der Waals surface area contributed by atoms with Crippen LogP contribution >= 0.6 is 23.4 Å². The number of methoxy groups -OCH3 is 2. The van der Waals surface area contributed by atoms with Crippen LogP contribution in [0.15, 0.2) is 48.1 Å². The lowest BCUT2D eigenvalue weighted by atomic mass is 10.1. The van der Waals surface area contributed by atoms with Crippen molar-refractivity contribution in [1.82, 2.24) is 14.8 Å². The van der Waals surface area contributed by atoms with Crippen LogP contribution in [-0.2, 0) is 17.9 Å². The number of halogens is 1. The zero-order valence-electron chi connectivity index (χ0n) is 19.6. The summed E-state index contributed by atoms with van der Waals surface area (Å²) in [5, 5.41) is 12.3. The normalized spacial score (nSPS) is 10.6. The van der Waals surface area contributed by atoms with Crippen LogP contribution in [0, 0.1) is 13.8 Å². The van der Waals surface area contributed by atoms with Crippen LogP contribution in [0.1, 0.15) is 17.0 Å². The Morgan fingerprint density at radius 3 is 2.62 bits per heavy atom. The van der Waals surface area contributed by atoms with E-state index in [2.05, 4.69) is 22.1 Å². The largest absolute Gasteiger partial charge is 0.495 e. The van der Waals surface area contributed by atoms with E-state index >= 15 is 0 Å². The molecule has 3 aromatic rings. The molecule has 2 aromatic carbocycles. The lowest BCUT2D eigenvalue weighted by molar-refractivity contribution is -0.113. The first-order valence-corrected chi connectivity index (χ1v) is 11.8. The van der Waals surface area contributed by atoms with Crippen molar-refractivity contribution in [1.29, 1.82) is 0 Å². The first kappa shape index (κ1) is 25.5. The van der Waals surface area contributed by atoms with Crippen molar-refractivity contribution in [3.05, 3.63) is 65.0 Å². The van der Waals surface area contributed by atoms with Gasteiger partial charge in [-0.1, -0.05) is 41.6 Å². The summed E-state index contributed by atoms with van der Waals surface area (Å²) in [6.07, 6.45) is 1.75. The van der Waals surface area contributed by atoms with Gasteiger partial charge < -0.3 is 19.5 Å². The molecule has 0 radical (unpaired) electrons. The van der Waals surface area contributed by atoms with Crippen LogP contribution in [0.2, 0.25) is 5.02 Å². The smallest absolute Gasteiger partial charge is 0.234 e. The van der Waals surface area contributed by atoms with Gasteiger partial charge in [0.15, 0.2) is 11.0 Å². The van der Waals surface area contributed by atoms with E-state index in [-0.39, 0.29) is 18.3 Å². The summed E-state index contributed by atoms with van der Waals surface area (Å²) in [5.74, 6) is 2.19. The minimum atomic E-state index is -0.242. The van der Waals surface area contributed by atoms with Gasteiger partial charge >= 0.3 is 0 Å².